The Morgan fingerprint density at radius 1 is 1.35 bits per heavy atom. The first-order valence-corrected chi connectivity index (χ1v) is 6.39. The van der Waals surface area contributed by atoms with Crippen molar-refractivity contribution in [2.24, 2.45) is 0 Å². The van der Waals surface area contributed by atoms with Gasteiger partial charge in [-0.15, -0.1) is 0 Å². The van der Waals surface area contributed by atoms with Gasteiger partial charge in [-0.2, -0.15) is 0 Å². The third-order valence-corrected chi connectivity index (χ3v) is 2.79. The van der Waals surface area contributed by atoms with E-state index in [0.29, 0.717) is 13.2 Å². The van der Waals surface area contributed by atoms with Crippen LogP contribution in [0.5, 0.6) is 5.75 Å². The fourth-order valence-corrected chi connectivity index (χ4v) is 1.72. The molecule has 0 heterocycles. The topological polar surface area (TPSA) is 41.5 Å². The van der Waals surface area contributed by atoms with Crippen molar-refractivity contribution in [3.05, 3.63) is 28.8 Å². The summed E-state index contributed by atoms with van der Waals surface area (Å²) in [4.78, 5) is 0. The molecule has 3 nitrogen and oxygen atoms in total. The van der Waals surface area contributed by atoms with Gasteiger partial charge in [0.2, 0.25) is 0 Å². The molecule has 0 aliphatic heterocycles. The monoisotopic (exact) mass is 257 g/mol. The number of benzene rings is 1. The second kappa shape index (κ2) is 8.34. The summed E-state index contributed by atoms with van der Waals surface area (Å²) in [6.07, 6.45) is 1.62. The van der Waals surface area contributed by atoms with E-state index in [-0.39, 0.29) is 6.61 Å². The van der Waals surface area contributed by atoms with E-state index in [1.807, 2.05) is 18.2 Å². The highest BCUT2D eigenvalue weighted by atomic mass is 35.5. The molecule has 0 atom stereocenters. The zero-order chi connectivity index (χ0) is 12.5. The van der Waals surface area contributed by atoms with E-state index in [1.165, 1.54) is 0 Å². The average Bonchev–Trinajstić information content (AvgIpc) is 2.34. The van der Waals surface area contributed by atoms with Crippen molar-refractivity contribution < 1.29 is 9.84 Å². The maximum Gasteiger partial charge on any atom is 0.125 e. The number of unbranched alkanes of at least 4 members (excludes halogenated alkanes) is 1. The Balaban J connectivity index is 2.59. The number of ether oxygens (including phenoxy) is 1. The van der Waals surface area contributed by atoms with Crippen molar-refractivity contribution in [1.82, 2.24) is 5.32 Å². The quantitative estimate of drug-likeness (QED) is 0.704. The van der Waals surface area contributed by atoms with E-state index in [2.05, 4.69) is 12.2 Å². The first kappa shape index (κ1) is 14.3. The minimum absolute atomic E-state index is 0.211. The lowest BCUT2D eigenvalue weighted by Gasteiger charge is -2.13. The van der Waals surface area contributed by atoms with Gasteiger partial charge >= 0.3 is 0 Å². The van der Waals surface area contributed by atoms with E-state index in [9.17, 15) is 0 Å². The zero-order valence-corrected chi connectivity index (χ0v) is 11.0. The van der Waals surface area contributed by atoms with Gasteiger partial charge in [-0.1, -0.05) is 24.6 Å². The molecule has 0 aromatic heterocycles. The van der Waals surface area contributed by atoms with Crippen molar-refractivity contribution in [3.63, 3.8) is 0 Å². The van der Waals surface area contributed by atoms with Crippen LogP contribution in [0.2, 0.25) is 5.02 Å². The van der Waals surface area contributed by atoms with E-state index in [4.69, 9.17) is 21.4 Å². The Morgan fingerprint density at radius 3 is 2.88 bits per heavy atom. The number of hydrogen-bond donors (Lipinski definition) is 2. The van der Waals surface area contributed by atoms with E-state index < -0.39 is 0 Å². The summed E-state index contributed by atoms with van der Waals surface area (Å²) in [7, 11) is 0. The molecule has 2 N–H and O–H groups in total. The number of halogens is 1. The molecule has 0 fully saturated rings. The van der Waals surface area contributed by atoms with Gasteiger partial charge in [0.05, 0.1) is 6.61 Å². The Labute approximate surface area is 108 Å². The van der Waals surface area contributed by atoms with Gasteiger partial charge in [-0.3, -0.25) is 0 Å². The molecule has 0 unspecified atom stereocenters. The fourth-order valence-electron chi connectivity index (χ4n) is 1.49. The molecular weight excluding hydrogens is 238 g/mol. The molecule has 0 bridgehead atoms. The van der Waals surface area contributed by atoms with Crippen LogP contribution in [0.25, 0.3) is 0 Å². The summed E-state index contributed by atoms with van der Waals surface area (Å²) >= 11 is 6.15. The Morgan fingerprint density at radius 2 is 2.18 bits per heavy atom. The van der Waals surface area contributed by atoms with E-state index >= 15 is 0 Å². The second-order valence-electron chi connectivity index (χ2n) is 3.78. The predicted octanol–water partition coefficient (Wildman–Crippen LogP) is 2.60. The molecule has 0 radical (unpaired) electrons. The number of rotatable bonds is 8. The molecule has 17 heavy (non-hydrogen) atoms. The van der Waals surface area contributed by atoms with Gasteiger partial charge < -0.3 is 15.2 Å². The van der Waals surface area contributed by atoms with Crippen LogP contribution in [-0.4, -0.2) is 24.9 Å². The van der Waals surface area contributed by atoms with Crippen LogP contribution in [0.4, 0.5) is 0 Å². The second-order valence-corrected chi connectivity index (χ2v) is 4.18. The molecule has 0 amide bonds. The van der Waals surface area contributed by atoms with Crippen LogP contribution < -0.4 is 10.1 Å². The van der Waals surface area contributed by atoms with Crippen molar-refractivity contribution in [3.8, 4) is 5.75 Å². The molecular formula is C13H20ClNO2. The highest BCUT2D eigenvalue weighted by Gasteiger charge is 2.07. The van der Waals surface area contributed by atoms with Crippen molar-refractivity contribution >= 4 is 11.6 Å². The van der Waals surface area contributed by atoms with Crippen LogP contribution in [0, 0.1) is 0 Å². The first-order valence-electron chi connectivity index (χ1n) is 6.01. The lowest BCUT2D eigenvalue weighted by molar-refractivity contribution is 0.252. The highest BCUT2D eigenvalue weighted by molar-refractivity contribution is 6.31. The standard InChI is InChI=1S/C13H20ClNO2/c1-2-15-10-11-12(14)6-5-7-13(11)17-9-4-3-8-16/h5-7,15-16H,2-4,8-10H2,1H3. The normalized spacial score (nSPS) is 10.5. The lowest BCUT2D eigenvalue weighted by atomic mass is 10.2. The van der Waals surface area contributed by atoms with Gasteiger partial charge in [-0.05, 0) is 31.5 Å². The van der Waals surface area contributed by atoms with Gasteiger partial charge in [0.15, 0.2) is 0 Å². The zero-order valence-electron chi connectivity index (χ0n) is 10.2. The number of hydrogen-bond acceptors (Lipinski definition) is 3. The number of nitrogens with one attached hydrogen (secondary N) is 1. The molecule has 4 heteroatoms. The summed E-state index contributed by atoms with van der Waals surface area (Å²) in [5, 5.41) is 12.7. The van der Waals surface area contributed by atoms with Crippen LogP contribution in [0.15, 0.2) is 18.2 Å². The lowest BCUT2D eigenvalue weighted by Crippen LogP contribution is -2.13. The summed E-state index contributed by atoms with van der Waals surface area (Å²) in [5.74, 6) is 0.830. The van der Waals surface area contributed by atoms with Gasteiger partial charge in [-0.25, -0.2) is 0 Å². The maximum absolute atomic E-state index is 8.69. The largest absolute Gasteiger partial charge is 0.493 e. The summed E-state index contributed by atoms with van der Waals surface area (Å²) < 4.78 is 5.68. The molecule has 1 aromatic carbocycles. The smallest absolute Gasteiger partial charge is 0.125 e. The minimum atomic E-state index is 0.211. The molecule has 96 valence electrons. The Bertz CT molecular complexity index is 331. The van der Waals surface area contributed by atoms with Gasteiger partial charge in [0, 0.05) is 23.7 Å². The third-order valence-electron chi connectivity index (χ3n) is 2.44. The minimum Gasteiger partial charge on any atom is -0.493 e. The summed E-state index contributed by atoms with van der Waals surface area (Å²) in [6.45, 7) is 4.49. The molecule has 0 aliphatic rings. The van der Waals surface area contributed by atoms with Gasteiger partial charge in [0.25, 0.3) is 0 Å². The predicted molar refractivity (Wildman–Crippen MR) is 70.6 cm³/mol. The third kappa shape index (κ3) is 4.94. The number of aliphatic hydroxyl groups is 1. The molecule has 0 spiro atoms. The van der Waals surface area contributed by atoms with E-state index in [1.54, 1.807) is 0 Å². The number of aliphatic hydroxyl groups excluding tert-OH is 1. The van der Waals surface area contributed by atoms with Crippen molar-refractivity contribution in [1.29, 1.82) is 0 Å². The summed E-state index contributed by atoms with van der Waals surface area (Å²) in [6, 6.07) is 5.69. The SMILES string of the molecule is CCNCc1c(Cl)cccc1OCCCCO. The van der Waals surface area contributed by atoms with E-state index in [0.717, 1.165) is 35.7 Å². The van der Waals surface area contributed by atoms with Crippen LogP contribution >= 0.6 is 11.6 Å². The fraction of sp³-hybridized carbons (Fsp3) is 0.538. The van der Waals surface area contributed by atoms with Gasteiger partial charge in [0.1, 0.15) is 5.75 Å². The average molecular weight is 258 g/mol. The van der Waals surface area contributed by atoms with Crippen LogP contribution in [-0.2, 0) is 6.54 Å². The first-order chi connectivity index (χ1) is 8.29. The van der Waals surface area contributed by atoms with Crippen LogP contribution in [0.3, 0.4) is 0 Å². The molecule has 0 saturated heterocycles. The van der Waals surface area contributed by atoms with Crippen molar-refractivity contribution in [2.45, 2.75) is 26.3 Å². The molecule has 0 saturated carbocycles. The summed E-state index contributed by atoms with van der Waals surface area (Å²) in [5.41, 5.74) is 1.00. The molecule has 1 rings (SSSR count). The Hall–Kier alpha value is -0.770. The molecule has 0 aliphatic carbocycles. The highest BCUT2D eigenvalue weighted by Crippen LogP contribution is 2.26. The molecule has 1 aromatic rings. The maximum atomic E-state index is 8.69. The van der Waals surface area contributed by atoms with Crippen molar-refractivity contribution in [2.75, 3.05) is 19.8 Å². The van der Waals surface area contributed by atoms with Crippen LogP contribution in [0.1, 0.15) is 25.3 Å². The Kier molecular flexibility index (Phi) is 7.01.